The minimum absolute atomic E-state index is 0.0849. The zero-order valence-electron chi connectivity index (χ0n) is 12.9. The first-order valence-electron chi connectivity index (χ1n) is 7.80. The van der Waals surface area contributed by atoms with Gasteiger partial charge < -0.3 is 4.90 Å². The van der Waals surface area contributed by atoms with E-state index in [4.69, 9.17) is 0 Å². The van der Waals surface area contributed by atoms with Gasteiger partial charge in [-0.3, -0.25) is 14.3 Å². The molecule has 0 N–H and O–H groups in total. The highest BCUT2D eigenvalue weighted by atomic mass is 16.1. The molecule has 116 valence electrons. The van der Waals surface area contributed by atoms with Gasteiger partial charge in [0.15, 0.2) is 0 Å². The predicted octanol–water partition coefficient (Wildman–Crippen LogP) is 1.77. The molecule has 6 nitrogen and oxygen atoms in total. The van der Waals surface area contributed by atoms with E-state index in [-0.39, 0.29) is 5.56 Å². The van der Waals surface area contributed by atoms with Gasteiger partial charge in [0, 0.05) is 18.7 Å². The Morgan fingerprint density at radius 1 is 1.17 bits per heavy atom. The third kappa shape index (κ3) is 2.36. The van der Waals surface area contributed by atoms with Crippen LogP contribution in [0.1, 0.15) is 18.2 Å². The average molecular weight is 307 g/mol. The van der Waals surface area contributed by atoms with Crippen molar-refractivity contribution in [1.82, 2.24) is 19.5 Å². The molecule has 1 aromatic carbocycles. The van der Waals surface area contributed by atoms with Crippen LogP contribution in [-0.4, -0.2) is 26.1 Å². The molecule has 0 bridgehead atoms. The lowest BCUT2D eigenvalue weighted by Gasteiger charge is -2.28. The van der Waals surface area contributed by atoms with Crippen LogP contribution in [0.5, 0.6) is 0 Å². The Morgan fingerprint density at radius 2 is 2.00 bits per heavy atom. The topological polar surface area (TPSA) is 63.9 Å². The number of hydrogen-bond donors (Lipinski definition) is 0. The number of anilines is 1. The summed E-state index contributed by atoms with van der Waals surface area (Å²) in [6.07, 6.45) is 4.12. The summed E-state index contributed by atoms with van der Waals surface area (Å²) in [4.78, 5) is 28.1. The molecule has 3 aromatic rings. The van der Waals surface area contributed by atoms with Crippen molar-refractivity contribution in [3.63, 3.8) is 0 Å². The molecule has 6 heteroatoms. The van der Waals surface area contributed by atoms with Crippen LogP contribution in [0.15, 0.2) is 41.6 Å². The van der Waals surface area contributed by atoms with E-state index in [1.54, 1.807) is 17.1 Å². The Morgan fingerprint density at radius 3 is 2.83 bits per heavy atom. The van der Waals surface area contributed by atoms with E-state index in [1.807, 2.05) is 31.2 Å². The van der Waals surface area contributed by atoms with E-state index in [0.717, 1.165) is 34.7 Å². The summed E-state index contributed by atoms with van der Waals surface area (Å²) in [5.41, 5.74) is 3.53. The molecule has 1 aliphatic heterocycles. The van der Waals surface area contributed by atoms with Crippen molar-refractivity contribution < 1.29 is 0 Å². The van der Waals surface area contributed by atoms with E-state index in [1.165, 1.54) is 0 Å². The summed E-state index contributed by atoms with van der Waals surface area (Å²) in [7, 11) is 0. The van der Waals surface area contributed by atoms with Crippen molar-refractivity contribution in [3.05, 3.63) is 58.4 Å². The Hall–Kier alpha value is -2.76. The van der Waals surface area contributed by atoms with Crippen LogP contribution in [-0.2, 0) is 19.5 Å². The zero-order chi connectivity index (χ0) is 15.8. The van der Waals surface area contributed by atoms with Crippen LogP contribution in [0.25, 0.3) is 11.0 Å². The normalized spacial score (nSPS) is 14.0. The second-order valence-corrected chi connectivity index (χ2v) is 5.65. The lowest BCUT2D eigenvalue weighted by molar-refractivity contribution is 0.634. The second-order valence-electron chi connectivity index (χ2n) is 5.65. The van der Waals surface area contributed by atoms with Gasteiger partial charge in [-0.25, -0.2) is 9.97 Å². The van der Waals surface area contributed by atoms with Crippen LogP contribution in [0, 0.1) is 0 Å². The molecule has 0 radical (unpaired) electrons. The first kappa shape index (κ1) is 13.9. The zero-order valence-corrected chi connectivity index (χ0v) is 12.9. The highest BCUT2D eigenvalue weighted by Crippen LogP contribution is 2.21. The van der Waals surface area contributed by atoms with Gasteiger partial charge in [-0.15, -0.1) is 0 Å². The fourth-order valence-electron chi connectivity index (χ4n) is 2.98. The van der Waals surface area contributed by atoms with Crippen molar-refractivity contribution in [2.75, 3.05) is 11.4 Å². The number of benzene rings is 1. The van der Waals surface area contributed by atoms with E-state index in [9.17, 15) is 4.79 Å². The third-order valence-corrected chi connectivity index (χ3v) is 4.29. The number of rotatable bonds is 2. The summed E-state index contributed by atoms with van der Waals surface area (Å²) < 4.78 is 1.66. The highest BCUT2D eigenvalue weighted by molar-refractivity contribution is 5.75. The van der Waals surface area contributed by atoms with Crippen molar-refractivity contribution in [1.29, 1.82) is 0 Å². The minimum atomic E-state index is 0.0849. The third-order valence-electron chi connectivity index (χ3n) is 4.29. The van der Waals surface area contributed by atoms with Gasteiger partial charge in [0.05, 0.1) is 35.8 Å². The summed E-state index contributed by atoms with van der Waals surface area (Å²) in [5, 5.41) is 0. The van der Waals surface area contributed by atoms with Crippen LogP contribution in [0.4, 0.5) is 5.82 Å². The average Bonchev–Trinajstić information content (AvgIpc) is 2.61. The van der Waals surface area contributed by atoms with Crippen molar-refractivity contribution in [2.24, 2.45) is 0 Å². The fourth-order valence-corrected chi connectivity index (χ4v) is 2.98. The quantitative estimate of drug-likeness (QED) is 0.722. The predicted molar refractivity (Wildman–Crippen MR) is 88.5 cm³/mol. The molecule has 2 aromatic heterocycles. The van der Waals surface area contributed by atoms with E-state index in [0.29, 0.717) is 19.5 Å². The maximum atomic E-state index is 12.3. The first-order chi connectivity index (χ1) is 11.3. The molecule has 4 rings (SSSR count). The number of fused-ring (bicyclic) bond motifs is 2. The highest BCUT2D eigenvalue weighted by Gasteiger charge is 2.22. The molecule has 0 atom stereocenters. The molecule has 3 heterocycles. The van der Waals surface area contributed by atoms with Crippen molar-refractivity contribution in [3.8, 4) is 0 Å². The molecule has 23 heavy (non-hydrogen) atoms. The van der Waals surface area contributed by atoms with Gasteiger partial charge in [-0.05, 0) is 25.5 Å². The van der Waals surface area contributed by atoms with Crippen LogP contribution >= 0.6 is 0 Å². The lowest BCUT2D eigenvalue weighted by Crippen LogP contribution is -2.37. The maximum Gasteiger partial charge on any atom is 0.256 e. The second kappa shape index (κ2) is 5.46. The van der Waals surface area contributed by atoms with Crippen molar-refractivity contribution >= 4 is 16.9 Å². The SMILES string of the molecule is CCn1cnc2c(c1=O)CCN(c1cnc3ccccc3n1)C2. The summed E-state index contributed by atoms with van der Waals surface area (Å²) >= 11 is 0. The molecular weight excluding hydrogens is 290 g/mol. The van der Waals surface area contributed by atoms with E-state index in [2.05, 4.69) is 19.9 Å². The number of aryl methyl sites for hydroxylation is 1. The van der Waals surface area contributed by atoms with Gasteiger partial charge >= 0.3 is 0 Å². The monoisotopic (exact) mass is 307 g/mol. The summed E-state index contributed by atoms with van der Waals surface area (Å²) in [6.45, 7) is 3.96. The Kier molecular flexibility index (Phi) is 3.29. The van der Waals surface area contributed by atoms with Crippen molar-refractivity contribution in [2.45, 2.75) is 26.4 Å². The van der Waals surface area contributed by atoms with E-state index >= 15 is 0 Å². The van der Waals surface area contributed by atoms with Gasteiger partial charge in [0.2, 0.25) is 0 Å². The number of para-hydroxylation sites is 2. The molecule has 0 saturated carbocycles. The molecule has 0 spiro atoms. The van der Waals surface area contributed by atoms with Crippen LogP contribution in [0.2, 0.25) is 0 Å². The molecule has 1 aliphatic rings. The van der Waals surface area contributed by atoms with Gasteiger partial charge in [-0.1, -0.05) is 12.1 Å². The molecule has 0 unspecified atom stereocenters. The smallest absolute Gasteiger partial charge is 0.256 e. The number of aromatic nitrogens is 4. The lowest BCUT2D eigenvalue weighted by atomic mass is 10.1. The summed E-state index contributed by atoms with van der Waals surface area (Å²) in [6, 6.07) is 7.83. The Labute approximate surface area is 133 Å². The van der Waals surface area contributed by atoms with Crippen LogP contribution in [0.3, 0.4) is 0 Å². The number of nitrogens with zero attached hydrogens (tertiary/aromatic N) is 5. The standard InChI is InChI=1S/C17H17N5O/c1-2-21-11-19-15-10-22(8-7-12(15)17(21)23)16-9-18-13-5-3-4-6-14(13)20-16/h3-6,9,11H,2,7-8,10H2,1H3. The fraction of sp³-hybridized carbons (Fsp3) is 0.294. The molecule has 0 aliphatic carbocycles. The van der Waals surface area contributed by atoms with E-state index < -0.39 is 0 Å². The minimum Gasteiger partial charge on any atom is -0.349 e. The number of hydrogen-bond acceptors (Lipinski definition) is 5. The molecule has 0 saturated heterocycles. The largest absolute Gasteiger partial charge is 0.349 e. The van der Waals surface area contributed by atoms with Crippen LogP contribution < -0.4 is 10.5 Å². The van der Waals surface area contributed by atoms with Gasteiger partial charge in [0.25, 0.3) is 5.56 Å². The molecular formula is C17H17N5O. The molecule has 0 fully saturated rings. The Bertz CT molecular complexity index is 934. The van der Waals surface area contributed by atoms with Gasteiger partial charge in [-0.2, -0.15) is 0 Å². The maximum absolute atomic E-state index is 12.3. The Balaban J connectivity index is 1.69. The van der Waals surface area contributed by atoms with Gasteiger partial charge in [0.1, 0.15) is 5.82 Å². The summed E-state index contributed by atoms with van der Waals surface area (Å²) in [5.74, 6) is 0.829. The molecule has 0 amide bonds. The first-order valence-corrected chi connectivity index (χ1v) is 7.80.